The van der Waals surface area contributed by atoms with Crippen molar-refractivity contribution in [2.45, 2.75) is 6.92 Å². The van der Waals surface area contributed by atoms with Gasteiger partial charge in [0.25, 0.3) is 5.91 Å². The van der Waals surface area contributed by atoms with Crippen molar-refractivity contribution in [1.82, 2.24) is 4.98 Å². The van der Waals surface area contributed by atoms with E-state index in [1.54, 1.807) is 12.1 Å². The van der Waals surface area contributed by atoms with Crippen molar-refractivity contribution in [3.8, 4) is 5.75 Å². The number of aromatic nitrogens is 1. The standard InChI is InChI=1S/C20H21N3O3S/c1-2-26-16-5-3-4-14(12-16)19(24)22-20-21-17-7-6-15(13-18(17)27-20)23-8-10-25-11-9-23/h3-7,12-13H,2,8-11H2,1H3,(H,21,22,24). The fourth-order valence-corrected chi connectivity index (χ4v) is 3.94. The van der Waals surface area contributed by atoms with Gasteiger partial charge in [-0.2, -0.15) is 0 Å². The van der Waals surface area contributed by atoms with Crippen LogP contribution in [0, 0.1) is 0 Å². The molecule has 0 atom stereocenters. The van der Waals surface area contributed by atoms with Crippen LogP contribution in [0.3, 0.4) is 0 Å². The summed E-state index contributed by atoms with van der Waals surface area (Å²) in [4.78, 5) is 19.4. The molecule has 140 valence electrons. The number of fused-ring (bicyclic) bond motifs is 1. The molecule has 2 heterocycles. The lowest BCUT2D eigenvalue weighted by Gasteiger charge is -2.28. The van der Waals surface area contributed by atoms with Crippen LogP contribution in [-0.4, -0.2) is 43.8 Å². The number of ether oxygens (including phenoxy) is 2. The van der Waals surface area contributed by atoms with Gasteiger partial charge in [-0.25, -0.2) is 4.98 Å². The first-order chi connectivity index (χ1) is 13.2. The number of rotatable bonds is 5. The molecule has 0 radical (unpaired) electrons. The molecule has 1 N–H and O–H groups in total. The van der Waals surface area contributed by atoms with E-state index in [2.05, 4.69) is 27.3 Å². The van der Waals surface area contributed by atoms with Crippen molar-refractivity contribution in [1.29, 1.82) is 0 Å². The summed E-state index contributed by atoms with van der Waals surface area (Å²) >= 11 is 1.48. The largest absolute Gasteiger partial charge is 0.494 e. The highest BCUT2D eigenvalue weighted by Crippen LogP contribution is 2.30. The van der Waals surface area contributed by atoms with Gasteiger partial charge in [0.2, 0.25) is 0 Å². The topological polar surface area (TPSA) is 63.7 Å². The lowest BCUT2D eigenvalue weighted by atomic mass is 10.2. The summed E-state index contributed by atoms with van der Waals surface area (Å²) in [7, 11) is 0. The average molecular weight is 383 g/mol. The quantitative estimate of drug-likeness (QED) is 0.726. The van der Waals surface area contributed by atoms with Crippen molar-refractivity contribution in [2.24, 2.45) is 0 Å². The Morgan fingerprint density at radius 2 is 2.11 bits per heavy atom. The fourth-order valence-electron chi connectivity index (χ4n) is 3.05. The summed E-state index contributed by atoms with van der Waals surface area (Å²) in [6.45, 7) is 5.77. The SMILES string of the molecule is CCOc1cccc(C(=O)Nc2nc3ccc(N4CCOCC4)cc3s2)c1. The molecule has 1 aliphatic heterocycles. The molecule has 1 aliphatic rings. The Labute approximate surface area is 161 Å². The summed E-state index contributed by atoms with van der Waals surface area (Å²) in [6.07, 6.45) is 0. The maximum absolute atomic E-state index is 12.5. The molecule has 1 amide bonds. The Balaban J connectivity index is 1.52. The third-order valence-electron chi connectivity index (χ3n) is 4.38. The van der Waals surface area contributed by atoms with E-state index in [4.69, 9.17) is 9.47 Å². The normalized spacial score (nSPS) is 14.3. The first kappa shape index (κ1) is 17.8. The van der Waals surface area contributed by atoms with Crippen LogP contribution in [0.5, 0.6) is 5.75 Å². The molecule has 4 rings (SSSR count). The number of morpholine rings is 1. The molecule has 6 nitrogen and oxygen atoms in total. The number of anilines is 2. The number of carbonyl (C=O) groups is 1. The maximum Gasteiger partial charge on any atom is 0.257 e. The molecule has 3 aromatic rings. The van der Waals surface area contributed by atoms with Crippen molar-refractivity contribution < 1.29 is 14.3 Å². The van der Waals surface area contributed by atoms with Crippen LogP contribution in [0.15, 0.2) is 42.5 Å². The number of nitrogens with zero attached hydrogens (tertiary/aromatic N) is 2. The van der Waals surface area contributed by atoms with Gasteiger partial charge in [-0.3, -0.25) is 10.1 Å². The van der Waals surface area contributed by atoms with Gasteiger partial charge in [-0.1, -0.05) is 17.4 Å². The zero-order valence-corrected chi connectivity index (χ0v) is 15.9. The van der Waals surface area contributed by atoms with Gasteiger partial charge in [0, 0.05) is 24.3 Å². The summed E-state index contributed by atoms with van der Waals surface area (Å²) in [5.74, 6) is 0.494. The molecule has 1 fully saturated rings. The van der Waals surface area contributed by atoms with E-state index in [9.17, 15) is 4.79 Å². The van der Waals surface area contributed by atoms with Gasteiger partial charge in [0.15, 0.2) is 5.13 Å². The number of nitrogens with one attached hydrogen (secondary N) is 1. The van der Waals surface area contributed by atoms with Crippen molar-refractivity contribution in [3.63, 3.8) is 0 Å². The van der Waals surface area contributed by atoms with Crippen LogP contribution >= 0.6 is 11.3 Å². The highest BCUT2D eigenvalue weighted by atomic mass is 32.1. The monoisotopic (exact) mass is 383 g/mol. The van der Waals surface area contributed by atoms with Gasteiger partial charge in [0.1, 0.15) is 5.75 Å². The molecule has 1 aromatic heterocycles. The Hall–Kier alpha value is -2.64. The fraction of sp³-hybridized carbons (Fsp3) is 0.300. The number of thiazole rings is 1. The van der Waals surface area contributed by atoms with Gasteiger partial charge in [0.05, 0.1) is 30.0 Å². The summed E-state index contributed by atoms with van der Waals surface area (Å²) in [5, 5.41) is 3.49. The van der Waals surface area contributed by atoms with E-state index in [0.29, 0.717) is 23.1 Å². The van der Waals surface area contributed by atoms with Crippen LogP contribution in [-0.2, 0) is 4.74 Å². The Kier molecular flexibility index (Phi) is 5.22. The van der Waals surface area contributed by atoms with Crippen molar-refractivity contribution in [2.75, 3.05) is 43.1 Å². The highest BCUT2D eigenvalue weighted by molar-refractivity contribution is 7.22. The number of benzene rings is 2. The lowest BCUT2D eigenvalue weighted by Crippen LogP contribution is -2.36. The first-order valence-electron chi connectivity index (χ1n) is 9.00. The molecule has 2 aromatic carbocycles. The average Bonchev–Trinajstić information content (AvgIpc) is 3.10. The van der Waals surface area contributed by atoms with Crippen molar-refractivity contribution in [3.05, 3.63) is 48.0 Å². The smallest absolute Gasteiger partial charge is 0.257 e. The Morgan fingerprint density at radius 1 is 1.26 bits per heavy atom. The van der Waals surface area contributed by atoms with E-state index in [1.807, 2.05) is 25.1 Å². The Morgan fingerprint density at radius 3 is 2.93 bits per heavy atom. The van der Waals surface area contributed by atoms with Crippen LogP contribution in [0.1, 0.15) is 17.3 Å². The summed E-state index contributed by atoms with van der Waals surface area (Å²) in [5.41, 5.74) is 2.60. The minimum Gasteiger partial charge on any atom is -0.494 e. The van der Waals surface area contributed by atoms with Crippen LogP contribution in [0.4, 0.5) is 10.8 Å². The van der Waals surface area contributed by atoms with Gasteiger partial charge in [-0.05, 0) is 43.3 Å². The lowest BCUT2D eigenvalue weighted by molar-refractivity contribution is 0.102. The van der Waals surface area contributed by atoms with Crippen LogP contribution in [0.2, 0.25) is 0 Å². The van der Waals surface area contributed by atoms with Crippen molar-refractivity contribution >= 4 is 38.3 Å². The predicted molar refractivity (Wildman–Crippen MR) is 108 cm³/mol. The number of amides is 1. The van der Waals surface area contributed by atoms with E-state index >= 15 is 0 Å². The van der Waals surface area contributed by atoms with Gasteiger partial charge >= 0.3 is 0 Å². The molecule has 1 saturated heterocycles. The molecule has 0 saturated carbocycles. The second-order valence-electron chi connectivity index (χ2n) is 6.19. The number of carbonyl (C=O) groups excluding carboxylic acids is 1. The molecule has 7 heteroatoms. The predicted octanol–water partition coefficient (Wildman–Crippen LogP) is 3.78. The second kappa shape index (κ2) is 7.94. The van der Waals surface area contributed by atoms with Crippen LogP contribution < -0.4 is 15.0 Å². The molecule has 0 bridgehead atoms. The zero-order valence-electron chi connectivity index (χ0n) is 15.1. The first-order valence-corrected chi connectivity index (χ1v) is 9.82. The second-order valence-corrected chi connectivity index (χ2v) is 7.22. The molecule has 27 heavy (non-hydrogen) atoms. The third-order valence-corrected chi connectivity index (χ3v) is 5.31. The molecular formula is C20H21N3O3S. The van der Waals surface area contributed by atoms with Gasteiger partial charge in [-0.15, -0.1) is 0 Å². The minimum atomic E-state index is -0.191. The summed E-state index contributed by atoms with van der Waals surface area (Å²) < 4.78 is 11.9. The summed E-state index contributed by atoms with van der Waals surface area (Å²) in [6, 6.07) is 13.4. The van der Waals surface area contributed by atoms with E-state index in [1.165, 1.54) is 11.3 Å². The highest BCUT2D eigenvalue weighted by Gasteiger charge is 2.14. The minimum absolute atomic E-state index is 0.191. The maximum atomic E-state index is 12.5. The molecule has 0 spiro atoms. The third kappa shape index (κ3) is 4.04. The Bertz CT molecular complexity index is 951. The van der Waals surface area contributed by atoms with E-state index in [-0.39, 0.29) is 5.91 Å². The number of hydrogen-bond acceptors (Lipinski definition) is 6. The van der Waals surface area contributed by atoms with E-state index in [0.717, 1.165) is 42.2 Å². The number of hydrogen-bond donors (Lipinski definition) is 1. The molecular weight excluding hydrogens is 362 g/mol. The molecule has 0 aliphatic carbocycles. The van der Waals surface area contributed by atoms with Crippen LogP contribution in [0.25, 0.3) is 10.2 Å². The van der Waals surface area contributed by atoms with Gasteiger partial charge < -0.3 is 14.4 Å². The van der Waals surface area contributed by atoms with E-state index < -0.39 is 0 Å². The molecule has 0 unspecified atom stereocenters. The zero-order chi connectivity index (χ0) is 18.6.